The molecule has 166 valence electrons. The van der Waals surface area contributed by atoms with Crippen LogP contribution in [-0.2, 0) is 22.6 Å². The summed E-state index contributed by atoms with van der Waals surface area (Å²) in [5, 5.41) is 3.38. The van der Waals surface area contributed by atoms with Crippen LogP contribution in [0.15, 0.2) is 89.8 Å². The van der Waals surface area contributed by atoms with Crippen LogP contribution in [0.5, 0.6) is 0 Å². The lowest BCUT2D eigenvalue weighted by Gasteiger charge is -2.31. The average Bonchev–Trinajstić information content (AvgIpc) is 2.83. The molecule has 6 heteroatoms. The Hall–Kier alpha value is -2.76. The van der Waals surface area contributed by atoms with Gasteiger partial charge in [-0.3, -0.25) is 9.59 Å². The van der Waals surface area contributed by atoms with Crippen LogP contribution in [0, 0.1) is 0 Å². The molecule has 3 aromatic rings. The molecule has 0 heterocycles. The van der Waals surface area contributed by atoms with E-state index in [0.717, 1.165) is 16.0 Å². The van der Waals surface area contributed by atoms with E-state index in [0.29, 0.717) is 30.2 Å². The first-order valence-corrected chi connectivity index (χ1v) is 11.9. The van der Waals surface area contributed by atoms with Gasteiger partial charge in [-0.05, 0) is 35.4 Å². The minimum Gasteiger partial charge on any atom is -0.357 e. The predicted octanol–water partition coefficient (Wildman–Crippen LogP) is 5.21. The number of amides is 2. The molecule has 4 nitrogen and oxygen atoms in total. The van der Waals surface area contributed by atoms with E-state index in [1.165, 1.54) is 0 Å². The van der Waals surface area contributed by atoms with Gasteiger partial charge in [0.25, 0.3) is 0 Å². The molecule has 0 radical (unpaired) electrons. The molecule has 0 aliphatic rings. The highest BCUT2D eigenvalue weighted by Gasteiger charge is 2.29. The Bertz CT molecular complexity index is 997. The number of thioether (sulfide) groups is 1. The minimum atomic E-state index is -0.604. The third-order valence-electron chi connectivity index (χ3n) is 5.11. The summed E-state index contributed by atoms with van der Waals surface area (Å²) in [6.45, 7) is 0.344. The summed E-state index contributed by atoms with van der Waals surface area (Å²) in [5.74, 6) is 0.422. The number of carbonyl (C=O) groups is 2. The highest BCUT2D eigenvalue weighted by molar-refractivity contribution is 7.99. The average molecular weight is 467 g/mol. The molecular formula is C26H27ClN2O2S. The van der Waals surface area contributed by atoms with Gasteiger partial charge in [-0.15, -0.1) is 11.8 Å². The van der Waals surface area contributed by atoms with E-state index in [4.69, 9.17) is 11.6 Å². The lowest BCUT2D eigenvalue weighted by Crippen LogP contribution is -2.49. The normalized spacial score (nSPS) is 11.6. The van der Waals surface area contributed by atoms with Crippen molar-refractivity contribution in [2.24, 2.45) is 0 Å². The molecule has 0 spiro atoms. The smallest absolute Gasteiger partial charge is 0.242 e. The van der Waals surface area contributed by atoms with Crippen LogP contribution >= 0.6 is 23.4 Å². The number of carbonyl (C=O) groups excluding carboxylic acids is 2. The van der Waals surface area contributed by atoms with E-state index in [-0.39, 0.29) is 11.8 Å². The van der Waals surface area contributed by atoms with Crippen molar-refractivity contribution in [3.05, 3.63) is 101 Å². The van der Waals surface area contributed by atoms with E-state index >= 15 is 0 Å². The second kappa shape index (κ2) is 12.3. The van der Waals surface area contributed by atoms with E-state index < -0.39 is 6.04 Å². The maximum Gasteiger partial charge on any atom is 0.242 e. The van der Waals surface area contributed by atoms with E-state index in [1.54, 1.807) is 35.8 Å². The number of rotatable bonds is 10. The Balaban J connectivity index is 1.80. The Morgan fingerprint density at radius 1 is 0.906 bits per heavy atom. The Labute approximate surface area is 199 Å². The van der Waals surface area contributed by atoms with Crippen LogP contribution in [0.3, 0.4) is 0 Å². The quantitative estimate of drug-likeness (QED) is 0.417. The third kappa shape index (κ3) is 7.14. The van der Waals surface area contributed by atoms with Gasteiger partial charge in [0.1, 0.15) is 6.04 Å². The zero-order chi connectivity index (χ0) is 22.8. The molecule has 1 atom stereocenters. The van der Waals surface area contributed by atoms with Gasteiger partial charge < -0.3 is 10.2 Å². The van der Waals surface area contributed by atoms with Gasteiger partial charge in [0.2, 0.25) is 11.8 Å². The monoisotopic (exact) mass is 466 g/mol. The van der Waals surface area contributed by atoms with Crippen molar-refractivity contribution in [2.45, 2.75) is 30.3 Å². The number of likely N-dealkylation sites (N-methyl/N-ethyl adjacent to an activating group) is 1. The molecule has 32 heavy (non-hydrogen) atoms. The molecule has 3 rings (SSSR count). The van der Waals surface area contributed by atoms with Crippen LogP contribution in [0.4, 0.5) is 0 Å². The van der Waals surface area contributed by atoms with Crippen LogP contribution in [-0.4, -0.2) is 35.6 Å². The Morgan fingerprint density at radius 2 is 1.53 bits per heavy atom. The van der Waals surface area contributed by atoms with Crippen LogP contribution in [0.2, 0.25) is 5.02 Å². The molecule has 0 saturated heterocycles. The molecule has 0 fully saturated rings. The second-order valence-corrected chi connectivity index (χ2v) is 8.98. The summed E-state index contributed by atoms with van der Waals surface area (Å²) < 4.78 is 0. The fourth-order valence-corrected chi connectivity index (χ4v) is 4.41. The van der Waals surface area contributed by atoms with Crippen LogP contribution in [0.1, 0.15) is 17.5 Å². The summed E-state index contributed by atoms with van der Waals surface area (Å²) >= 11 is 7.67. The first kappa shape index (κ1) is 23.9. The van der Waals surface area contributed by atoms with Crippen molar-refractivity contribution in [3.8, 4) is 0 Å². The van der Waals surface area contributed by atoms with Gasteiger partial charge in [0.05, 0.1) is 0 Å². The Kier molecular flexibility index (Phi) is 9.20. The van der Waals surface area contributed by atoms with Gasteiger partial charge >= 0.3 is 0 Å². The number of halogens is 1. The zero-order valence-corrected chi connectivity index (χ0v) is 19.6. The predicted molar refractivity (Wildman–Crippen MR) is 132 cm³/mol. The van der Waals surface area contributed by atoms with Crippen molar-refractivity contribution in [1.29, 1.82) is 0 Å². The third-order valence-corrected chi connectivity index (χ3v) is 6.38. The van der Waals surface area contributed by atoms with Gasteiger partial charge in [-0.2, -0.15) is 0 Å². The number of hydrogen-bond acceptors (Lipinski definition) is 3. The molecule has 0 aliphatic heterocycles. The van der Waals surface area contributed by atoms with Crippen LogP contribution < -0.4 is 5.32 Å². The highest BCUT2D eigenvalue weighted by atomic mass is 35.5. The van der Waals surface area contributed by atoms with Crippen molar-refractivity contribution in [3.63, 3.8) is 0 Å². The molecule has 0 saturated carbocycles. The second-order valence-electron chi connectivity index (χ2n) is 7.38. The van der Waals surface area contributed by atoms with E-state index in [9.17, 15) is 9.59 Å². The van der Waals surface area contributed by atoms with Crippen molar-refractivity contribution >= 4 is 35.2 Å². The minimum absolute atomic E-state index is 0.0482. The molecular weight excluding hydrogens is 440 g/mol. The summed E-state index contributed by atoms with van der Waals surface area (Å²) in [6, 6.07) is 26.6. The highest BCUT2D eigenvalue weighted by Crippen LogP contribution is 2.21. The van der Waals surface area contributed by atoms with Gasteiger partial charge in [0, 0.05) is 42.1 Å². The lowest BCUT2D eigenvalue weighted by atomic mass is 10.0. The lowest BCUT2D eigenvalue weighted by molar-refractivity contribution is -0.140. The molecule has 1 unspecified atom stereocenters. The summed E-state index contributed by atoms with van der Waals surface area (Å²) in [7, 11) is 1.61. The largest absolute Gasteiger partial charge is 0.357 e. The summed E-state index contributed by atoms with van der Waals surface area (Å²) in [4.78, 5) is 29.1. The fraction of sp³-hybridized carbons (Fsp3) is 0.231. The molecule has 2 amide bonds. The fourth-order valence-electron chi connectivity index (χ4n) is 3.42. The van der Waals surface area contributed by atoms with Crippen LogP contribution in [0.25, 0.3) is 0 Å². The molecule has 0 bridgehead atoms. The maximum absolute atomic E-state index is 13.4. The van der Waals surface area contributed by atoms with Gasteiger partial charge in [-0.1, -0.05) is 72.3 Å². The molecule has 1 N–H and O–H groups in total. The molecule has 0 aromatic heterocycles. The first-order chi connectivity index (χ1) is 15.6. The van der Waals surface area contributed by atoms with Crippen molar-refractivity contribution < 1.29 is 9.59 Å². The van der Waals surface area contributed by atoms with E-state index in [1.807, 2.05) is 72.8 Å². The number of hydrogen-bond donors (Lipinski definition) is 1. The zero-order valence-electron chi connectivity index (χ0n) is 18.0. The van der Waals surface area contributed by atoms with Gasteiger partial charge in [0.15, 0.2) is 0 Å². The standard InChI is InChI=1S/C26H27ClN2O2S/c1-28-26(31)24(18-20-8-4-2-5-9-20)29(19-21-12-14-22(27)15-13-21)25(30)16-17-32-23-10-6-3-7-11-23/h2-15,24H,16-19H2,1H3,(H,28,31). The number of nitrogens with one attached hydrogen (secondary N) is 1. The van der Waals surface area contributed by atoms with Crippen molar-refractivity contribution in [1.82, 2.24) is 10.2 Å². The Morgan fingerprint density at radius 3 is 2.16 bits per heavy atom. The topological polar surface area (TPSA) is 49.4 Å². The first-order valence-electron chi connectivity index (χ1n) is 10.5. The van der Waals surface area contributed by atoms with Gasteiger partial charge in [-0.25, -0.2) is 0 Å². The van der Waals surface area contributed by atoms with Crippen molar-refractivity contribution in [2.75, 3.05) is 12.8 Å². The SMILES string of the molecule is CNC(=O)C(Cc1ccccc1)N(Cc1ccc(Cl)cc1)C(=O)CCSc1ccccc1. The molecule has 3 aromatic carbocycles. The van der Waals surface area contributed by atoms with E-state index in [2.05, 4.69) is 5.32 Å². The summed E-state index contributed by atoms with van der Waals surface area (Å²) in [6.07, 6.45) is 0.793. The maximum atomic E-state index is 13.4. The summed E-state index contributed by atoms with van der Waals surface area (Å²) in [5.41, 5.74) is 1.94. The molecule has 0 aliphatic carbocycles. The number of benzene rings is 3. The number of nitrogens with zero attached hydrogens (tertiary/aromatic N) is 1.